The fraction of sp³-hybridized carbons (Fsp3) is 0.316. The molecule has 3 aromatic rings. The Balaban J connectivity index is 1.64. The molecule has 1 saturated heterocycles. The van der Waals surface area contributed by atoms with Gasteiger partial charge in [-0.3, -0.25) is 0 Å². The predicted octanol–water partition coefficient (Wildman–Crippen LogP) is 2.63. The van der Waals surface area contributed by atoms with Crippen LogP contribution >= 0.6 is 12.2 Å². The van der Waals surface area contributed by atoms with E-state index in [1.807, 2.05) is 11.0 Å². The van der Waals surface area contributed by atoms with Crippen LogP contribution in [-0.4, -0.2) is 44.5 Å². The monoisotopic (exact) mass is 418 g/mol. The van der Waals surface area contributed by atoms with E-state index in [9.17, 15) is 8.78 Å². The lowest BCUT2D eigenvalue weighted by Gasteiger charge is -2.26. The molecule has 0 unspecified atom stereocenters. The summed E-state index contributed by atoms with van der Waals surface area (Å²) in [5.74, 6) is -0.222. The number of fused-ring (bicyclic) bond motifs is 1. The van der Waals surface area contributed by atoms with Gasteiger partial charge < -0.3 is 20.6 Å². The van der Waals surface area contributed by atoms with Crippen molar-refractivity contribution in [3.8, 4) is 0 Å². The Morgan fingerprint density at radius 2 is 2.17 bits per heavy atom. The molecule has 0 amide bonds. The average molecular weight is 418 g/mol. The number of aliphatic hydroxyl groups is 1. The number of anilines is 2. The first-order valence-electron chi connectivity index (χ1n) is 9.28. The van der Waals surface area contributed by atoms with Gasteiger partial charge in [0.2, 0.25) is 0 Å². The van der Waals surface area contributed by atoms with Crippen LogP contribution in [0.1, 0.15) is 24.4 Å². The van der Waals surface area contributed by atoms with Gasteiger partial charge in [-0.15, -0.1) is 0 Å². The number of nitrogens with zero attached hydrogens (tertiary/aromatic N) is 4. The van der Waals surface area contributed by atoms with Crippen LogP contribution in [0.15, 0.2) is 36.7 Å². The van der Waals surface area contributed by atoms with Crippen LogP contribution < -0.4 is 15.5 Å². The molecule has 4 rings (SSSR count). The minimum absolute atomic E-state index is 0.0357. The van der Waals surface area contributed by atoms with Crippen molar-refractivity contribution in [2.45, 2.75) is 18.9 Å². The second kappa shape index (κ2) is 8.26. The average Bonchev–Trinajstić information content (AvgIpc) is 3.35. The lowest BCUT2D eigenvalue weighted by Crippen LogP contribution is -2.30. The van der Waals surface area contributed by atoms with Crippen molar-refractivity contribution in [1.82, 2.24) is 19.9 Å². The van der Waals surface area contributed by atoms with Crippen LogP contribution in [0.3, 0.4) is 0 Å². The van der Waals surface area contributed by atoms with E-state index in [-0.39, 0.29) is 12.6 Å². The lowest BCUT2D eigenvalue weighted by molar-refractivity contribution is 0.301. The first kappa shape index (κ1) is 19.5. The third kappa shape index (κ3) is 3.99. The molecular weight excluding hydrogens is 398 g/mol. The van der Waals surface area contributed by atoms with Crippen LogP contribution in [0.4, 0.5) is 20.3 Å². The predicted molar refractivity (Wildman–Crippen MR) is 110 cm³/mol. The molecule has 3 N–H and O–H groups in total. The second-order valence-electron chi connectivity index (χ2n) is 6.73. The first-order chi connectivity index (χ1) is 14.1. The van der Waals surface area contributed by atoms with Gasteiger partial charge >= 0.3 is 0 Å². The van der Waals surface area contributed by atoms with E-state index >= 15 is 0 Å². The summed E-state index contributed by atoms with van der Waals surface area (Å²) in [6.45, 7) is 0.988. The fourth-order valence-electron chi connectivity index (χ4n) is 3.58. The highest BCUT2D eigenvalue weighted by Gasteiger charge is 2.30. The van der Waals surface area contributed by atoms with Gasteiger partial charge in [-0.2, -0.15) is 5.10 Å². The van der Waals surface area contributed by atoms with Gasteiger partial charge in [-0.25, -0.2) is 18.3 Å². The Morgan fingerprint density at radius 3 is 3.00 bits per heavy atom. The van der Waals surface area contributed by atoms with Crippen molar-refractivity contribution in [3.63, 3.8) is 0 Å². The van der Waals surface area contributed by atoms with E-state index in [2.05, 4.69) is 20.7 Å². The van der Waals surface area contributed by atoms with Crippen molar-refractivity contribution in [2.75, 3.05) is 29.9 Å². The maximum absolute atomic E-state index is 14.3. The number of rotatable bonds is 5. The van der Waals surface area contributed by atoms with Gasteiger partial charge in [0, 0.05) is 24.8 Å². The molecule has 1 fully saturated rings. The van der Waals surface area contributed by atoms with Gasteiger partial charge in [-0.1, -0.05) is 0 Å². The normalized spacial score (nSPS) is 16.4. The van der Waals surface area contributed by atoms with E-state index in [0.29, 0.717) is 47.3 Å². The van der Waals surface area contributed by atoms with Crippen molar-refractivity contribution in [3.05, 3.63) is 53.9 Å². The summed E-state index contributed by atoms with van der Waals surface area (Å²) in [6, 6.07) is 5.07. The van der Waals surface area contributed by atoms with E-state index in [1.54, 1.807) is 16.9 Å². The van der Waals surface area contributed by atoms with E-state index < -0.39 is 11.6 Å². The summed E-state index contributed by atoms with van der Waals surface area (Å²) in [7, 11) is 0. The number of aromatic nitrogens is 3. The number of nitrogens with one attached hydrogen (secondary N) is 2. The highest BCUT2D eigenvalue weighted by Crippen LogP contribution is 2.37. The topological polar surface area (TPSA) is 77.7 Å². The molecule has 0 radical (unpaired) electrons. The van der Waals surface area contributed by atoms with Crippen LogP contribution in [0, 0.1) is 11.6 Å². The quantitative estimate of drug-likeness (QED) is 0.550. The molecule has 0 saturated carbocycles. The highest BCUT2D eigenvalue weighted by atomic mass is 32.1. The number of hydrogen-bond acceptors (Lipinski definition) is 5. The van der Waals surface area contributed by atoms with Crippen molar-refractivity contribution < 1.29 is 13.9 Å². The largest absolute Gasteiger partial charge is 0.395 e. The highest BCUT2D eigenvalue weighted by molar-refractivity contribution is 7.80. The lowest BCUT2D eigenvalue weighted by atomic mass is 10.0. The standard InChI is InChI=1S/C19H20F2N6OS/c20-12-3-4-14(21)13(10-12)16-2-1-7-26(16)17-5-8-27-18(25-17)15(11-23-27)24-19(29)22-6-9-28/h3-5,8,10-11,16,28H,1-2,6-7,9H2,(H2,22,24,29)/t16-/m1/s1. The van der Waals surface area contributed by atoms with Gasteiger partial charge in [0.25, 0.3) is 0 Å². The third-order valence-electron chi connectivity index (χ3n) is 4.86. The number of thiocarbonyl (C=S) groups is 1. The summed E-state index contributed by atoms with van der Waals surface area (Å²) >= 11 is 5.19. The molecule has 0 aliphatic carbocycles. The van der Waals surface area contributed by atoms with Crippen LogP contribution in [0.5, 0.6) is 0 Å². The van der Waals surface area contributed by atoms with Crippen LogP contribution in [0.2, 0.25) is 0 Å². The van der Waals surface area contributed by atoms with Gasteiger partial charge in [0.05, 0.1) is 18.8 Å². The van der Waals surface area contributed by atoms with Crippen LogP contribution in [0.25, 0.3) is 5.65 Å². The number of halogens is 2. The molecule has 3 heterocycles. The smallest absolute Gasteiger partial charge is 0.180 e. The molecule has 2 aromatic heterocycles. The molecule has 7 nitrogen and oxygen atoms in total. The molecule has 0 spiro atoms. The van der Waals surface area contributed by atoms with E-state index in [4.69, 9.17) is 17.3 Å². The Bertz CT molecular complexity index is 1040. The van der Waals surface area contributed by atoms with Gasteiger partial charge in [-0.05, 0) is 49.3 Å². The fourth-order valence-corrected chi connectivity index (χ4v) is 3.79. The Morgan fingerprint density at radius 1 is 1.31 bits per heavy atom. The first-order valence-corrected chi connectivity index (χ1v) is 9.69. The van der Waals surface area contributed by atoms with Crippen molar-refractivity contribution in [1.29, 1.82) is 0 Å². The zero-order valence-corrected chi connectivity index (χ0v) is 16.3. The Kier molecular flexibility index (Phi) is 5.54. The summed E-state index contributed by atoms with van der Waals surface area (Å²) in [4.78, 5) is 6.67. The number of aliphatic hydroxyl groups excluding tert-OH is 1. The Labute approximate surface area is 171 Å². The molecule has 1 atom stereocenters. The minimum Gasteiger partial charge on any atom is -0.395 e. The Hall–Kier alpha value is -2.85. The minimum atomic E-state index is -0.456. The SMILES string of the molecule is OCCNC(=S)Nc1cnn2ccc(N3CCC[C@@H]3c3cc(F)ccc3F)nc12. The van der Waals surface area contributed by atoms with Gasteiger partial charge in [0.15, 0.2) is 10.8 Å². The number of benzene rings is 1. The summed E-state index contributed by atoms with van der Waals surface area (Å²) in [5.41, 5.74) is 1.50. The molecule has 10 heteroatoms. The zero-order chi connectivity index (χ0) is 20.4. The van der Waals surface area contributed by atoms with Crippen molar-refractivity contribution in [2.24, 2.45) is 0 Å². The zero-order valence-electron chi connectivity index (χ0n) is 15.5. The summed E-state index contributed by atoms with van der Waals surface area (Å²) < 4.78 is 29.7. The molecular formula is C19H20F2N6OS. The molecule has 0 bridgehead atoms. The van der Waals surface area contributed by atoms with E-state index in [1.165, 1.54) is 6.07 Å². The third-order valence-corrected chi connectivity index (χ3v) is 5.11. The molecule has 152 valence electrons. The molecule has 1 aromatic carbocycles. The molecule has 1 aliphatic rings. The molecule has 1 aliphatic heterocycles. The molecule has 29 heavy (non-hydrogen) atoms. The second-order valence-corrected chi connectivity index (χ2v) is 7.14. The van der Waals surface area contributed by atoms with E-state index in [0.717, 1.165) is 18.6 Å². The van der Waals surface area contributed by atoms with Crippen molar-refractivity contribution >= 4 is 34.5 Å². The maximum atomic E-state index is 14.3. The summed E-state index contributed by atoms with van der Waals surface area (Å²) in [5, 5.41) is 19.4. The summed E-state index contributed by atoms with van der Waals surface area (Å²) in [6.07, 6.45) is 4.94. The maximum Gasteiger partial charge on any atom is 0.180 e. The van der Waals surface area contributed by atoms with Gasteiger partial charge in [0.1, 0.15) is 23.1 Å². The van der Waals surface area contributed by atoms with Crippen LogP contribution in [-0.2, 0) is 0 Å². The number of hydrogen-bond donors (Lipinski definition) is 3.